The molecule has 10 aromatic rings. The highest BCUT2D eigenvalue weighted by Crippen LogP contribution is 2.58. The standard InChI is InChI=1S/C55H40N2/c1-37-25-31-53-48(33-37)49-34-38(2)26-32-54(49)57(53)44-28-30-47-46-29-27-43(56(42-21-10-5-11-22-42)52-24-14-16-39-15-12-13-23-45(39)52)35-50(46)55(51(47)36-44,40-17-6-3-7-18-40)41-19-8-4-9-20-41/h3-36H,1-2H3. The van der Waals surface area contributed by atoms with Crippen LogP contribution in [0.1, 0.15) is 33.4 Å². The summed E-state index contributed by atoms with van der Waals surface area (Å²) in [6, 6.07) is 76.5. The van der Waals surface area contributed by atoms with Crippen LogP contribution in [-0.2, 0) is 5.41 Å². The van der Waals surface area contributed by atoms with E-state index in [-0.39, 0.29) is 0 Å². The largest absolute Gasteiger partial charge is 0.310 e. The third kappa shape index (κ3) is 5.04. The van der Waals surface area contributed by atoms with Crippen LogP contribution in [0.4, 0.5) is 17.1 Å². The molecule has 2 nitrogen and oxygen atoms in total. The Labute approximate surface area is 333 Å². The smallest absolute Gasteiger partial charge is 0.0715 e. The summed E-state index contributed by atoms with van der Waals surface area (Å²) in [5.41, 5.74) is 16.5. The molecular weight excluding hydrogens is 689 g/mol. The Bertz CT molecular complexity index is 3040. The molecule has 1 heterocycles. The van der Waals surface area contributed by atoms with Crippen LogP contribution in [0, 0.1) is 13.8 Å². The summed E-state index contributed by atoms with van der Waals surface area (Å²) in [5.74, 6) is 0. The number of hydrogen-bond donors (Lipinski definition) is 0. The Balaban J connectivity index is 1.22. The van der Waals surface area contributed by atoms with Crippen LogP contribution in [0.5, 0.6) is 0 Å². The fourth-order valence-electron chi connectivity index (χ4n) is 9.68. The Morgan fingerprint density at radius 3 is 1.60 bits per heavy atom. The minimum atomic E-state index is -0.591. The summed E-state index contributed by atoms with van der Waals surface area (Å²) in [7, 11) is 0. The molecule has 0 saturated heterocycles. The Morgan fingerprint density at radius 1 is 0.404 bits per heavy atom. The third-order valence-corrected chi connectivity index (χ3v) is 12.1. The van der Waals surface area contributed by atoms with Crippen molar-refractivity contribution in [2.24, 2.45) is 0 Å². The quantitative estimate of drug-likeness (QED) is 0.165. The maximum absolute atomic E-state index is 2.48. The van der Waals surface area contributed by atoms with Crippen molar-refractivity contribution >= 4 is 49.6 Å². The number of aromatic nitrogens is 1. The van der Waals surface area contributed by atoms with Crippen LogP contribution in [0.15, 0.2) is 206 Å². The number of fused-ring (bicyclic) bond motifs is 7. The lowest BCUT2D eigenvalue weighted by Crippen LogP contribution is -2.29. The van der Waals surface area contributed by atoms with E-state index in [4.69, 9.17) is 0 Å². The second kappa shape index (κ2) is 13.0. The predicted molar refractivity (Wildman–Crippen MR) is 240 cm³/mol. The summed E-state index contributed by atoms with van der Waals surface area (Å²) in [6.07, 6.45) is 0. The number of para-hydroxylation sites is 1. The molecule has 0 spiro atoms. The molecule has 0 aliphatic heterocycles. The molecule has 0 fully saturated rings. The fourth-order valence-corrected chi connectivity index (χ4v) is 9.68. The van der Waals surface area contributed by atoms with E-state index in [1.807, 2.05) is 0 Å². The van der Waals surface area contributed by atoms with Gasteiger partial charge in [0.2, 0.25) is 0 Å². The van der Waals surface area contributed by atoms with Crippen LogP contribution in [0.25, 0.3) is 49.4 Å². The number of nitrogens with zero attached hydrogens (tertiary/aromatic N) is 2. The van der Waals surface area contributed by atoms with E-state index in [0.717, 1.165) is 22.7 Å². The van der Waals surface area contributed by atoms with E-state index >= 15 is 0 Å². The molecule has 9 aromatic carbocycles. The average Bonchev–Trinajstić information content (AvgIpc) is 3.73. The zero-order valence-corrected chi connectivity index (χ0v) is 32.0. The van der Waals surface area contributed by atoms with E-state index in [9.17, 15) is 0 Å². The maximum atomic E-state index is 2.48. The molecule has 0 saturated carbocycles. The maximum Gasteiger partial charge on any atom is 0.0715 e. The van der Waals surface area contributed by atoms with E-state index in [1.54, 1.807) is 0 Å². The van der Waals surface area contributed by atoms with Crippen molar-refractivity contribution in [2.75, 3.05) is 4.90 Å². The summed E-state index contributed by atoms with van der Waals surface area (Å²) < 4.78 is 2.47. The molecule has 11 rings (SSSR count). The minimum Gasteiger partial charge on any atom is -0.310 e. The van der Waals surface area contributed by atoms with Crippen LogP contribution in [0.3, 0.4) is 0 Å². The molecule has 0 N–H and O–H groups in total. The van der Waals surface area contributed by atoms with E-state index < -0.39 is 5.41 Å². The first-order valence-corrected chi connectivity index (χ1v) is 19.8. The lowest BCUT2D eigenvalue weighted by molar-refractivity contribution is 0.767. The van der Waals surface area contributed by atoms with E-state index in [1.165, 1.54) is 77.1 Å². The second-order valence-electron chi connectivity index (χ2n) is 15.5. The van der Waals surface area contributed by atoms with E-state index in [0.29, 0.717) is 0 Å². The van der Waals surface area contributed by atoms with Gasteiger partial charge in [-0.1, -0.05) is 151 Å². The van der Waals surface area contributed by atoms with Crippen LogP contribution < -0.4 is 4.90 Å². The van der Waals surface area contributed by atoms with Crippen molar-refractivity contribution in [1.82, 2.24) is 4.57 Å². The van der Waals surface area contributed by atoms with Crippen molar-refractivity contribution in [1.29, 1.82) is 0 Å². The SMILES string of the molecule is Cc1ccc2c(c1)c1cc(C)ccc1n2-c1ccc2c(c1)C(c1ccccc1)(c1ccccc1)c1cc(N(c3ccccc3)c3cccc4ccccc34)ccc1-2. The number of aryl methyl sites for hydroxylation is 2. The molecule has 1 aliphatic carbocycles. The minimum absolute atomic E-state index is 0.591. The number of rotatable bonds is 6. The monoisotopic (exact) mass is 728 g/mol. The zero-order chi connectivity index (χ0) is 38.1. The van der Waals surface area contributed by atoms with Gasteiger partial charge in [0.05, 0.1) is 22.1 Å². The summed E-state index contributed by atoms with van der Waals surface area (Å²) in [4.78, 5) is 2.43. The molecule has 1 aliphatic rings. The highest BCUT2D eigenvalue weighted by atomic mass is 15.1. The Kier molecular flexibility index (Phi) is 7.55. The summed E-state index contributed by atoms with van der Waals surface area (Å²) >= 11 is 0. The molecule has 2 heteroatoms. The van der Waals surface area contributed by atoms with Crippen LogP contribution in [0.2, 0.25) is 0 Å². The highest BCUT2D eigenvalue weighted by Gasteiger charge is 2.46. The molecule has 0 bridgehead atoms. The first kappa shape index (κ1) is 33.2. The van der Waals surface area contributed by atoms with Gasteiger partial charge in [0, 0.05) is 33.2 Å². The summed E-state index contributed by atoms with van der Waals surface area (Å²) in [6.45, 7) is 4.37. The van der Waals surface area contributed by atoms with Gasteiger partial charge in [0.15, 0.2) is 0 Å². The molecular formula is C55H40N2. The van der Waals surface area contributed by atoms with Gasteiger partial charge >= 0.3 is 0 Å². The van der Waals surface area contributed by atoms with Crippen molar-refractivity contribution in [2.45, 2.75) is 19.3 Å². The molecule has 57 heavy (non-hydrogen) atoms. The van der Waals surface area contributed by atoms with Crippen LogP contribution >= 0.6 is 0 Å². The molecule has 0 atom stereocenters. The van der Waals surface area contributed by atoms with Gasteiger partial charge in [-0.05, 0) is 119 Å². The normalized spacial score (nSPS) is 12.9. The van der Waals surface area contributed by atoms with Gasteiger partial charge < -0.3 is 9.47 Å². The van der Waals surface area contributed by atoms with Crippen molar-refractivity contribution in [3.05, 3.63) is 240 Å². The zero-order valence-electron chi connectivity index (χ0n) is 32.0. The number of hydrogen-bond acceptors (Lipinski definition) is 1. The van der Waals surface area contributed by atoms with Gasteiger partial charge in [0.25, 0.3) is 0 Å². The lowest BCUT2D eigenvalue weighted by atomic mass is 9.67. The third-order valence-electron chi connectivity index (χ3n) is 12.1. The second-order valence-corrected chi connectivity index (χ2v) is 15.5. The number of anilines is 3. The van der Waals surface area contributed by atoms with Crippen LogP contribution in [-0.4, -0.2) is 4.57 Å². The van der Waals surface area contributed by atoms with Gasteiger partial charge in [-0.25, -0.2) is 0 Å². The Morgan fingerprint density at radius 2 is 0.947 bits per heavy atom. The lowest BCUT2D eigenvalue weighted by Gasteiger charge is -2.35. The van der Waals surface area contributed by atoms with Crippen molar-refractivity contribution < 1.29 is 0 Å². The highest BCUT2D eigenvalue weighted by molar-refractivity contribution is 6.10. The molecule has 270 valence electrons. The van der Waals surface area contributed by atoms with Gasteiger partial charge in [-0.3, -0.25) is 0 Å². The number of benzene rings is 9. The van der Waals surface area contributed by atoms with Gasteiger partial charge in [-0.2, -0.15) is 0 Å². The first-order valence-electron chi connectivity index (χ1n) is 19.8. The summed E-state index contributed by atoms with van der Waals surface area (Å²) in [5, 5.41) is 5.00. The topological polar surface area (TPSA) is 8.17 Å². The predicted octanol–water partition coefficient (Wildman–Crippen LogP) is 14.4. The van der Waals surface area contributed by atoms with E-state index in [2.05, 4.69) is 230 Å². The first-order chi connectivity index (χ1) is 28.1. The molecule has 0 unspecified atom stereocenters. The Hall–Kier alpha value is -7.16. The molecule has 0 radical (unpaired) electrons. The molecule has 0 amide bonds. The van der Waals surface area contributed by atoms with Crippen molar-refractivity contribution in [3.8, 4) is 16.8 Å². The average molecular weight is 729 g/mol. The molecule has 1 aromatic heterocycles. The fraction of sp³-hybridized carbons (Fsp3) is 0.0545. The van der Waals surface area contributed by atoms with Gasteiger partial charge in [0.1, 0.15) is 0 Å². The van der Waals surface area contributed by atoms with Gasteiger partial charge in [-0.15, -0.1) is 0 Å². The van der Waals surface area contributed by atoms with Crippen molar-refractivity contribution in [3.63, 3.8) is 0 Å².